The van der Waals surface area contributed by atoms with Crippen LogP contribution in [0, 0.1) is 0 Å². The molecule has 1 saturated heterocycles. The SMILES string of the molecule is O=C(O)c1csc(CN2CCCC2)c1. The summed E-state index contributed by atoms with van der Waals surface area (Å²) >= 11 is 1.54. The van der Waals surface area contributed by atoms with Crippen LogP contribution >= 0.6 is 11.3 Å². The van der Waals surface area contributed by atoms with Crippen molar-refractivity contribution in [2.75, 3.05) is 13.1 Å². The number of thiophene rings is 1. The number of carboxylic acid groups (broad SMARTS) is 1. The van der Waals surface area contributed by atoms with Crippen LogP contribution in [0.4, 0.5) is 0 Å². The predicted octanol–water partition coefficient (Wildman–Crippen LogP) is 2.04. The summed E-state index contributed by atoms with van der Waals surface area (Å²) in [5.41, 5.74) is 0.421. The molecule has 14 heavy (non-hydrogen) atoms. The molecule has 2 rings (SSSR count). The van der Waals surface area contributed by atoms with Crippen LogP contribution < -0.4 is 0 Å². The van der Waals surface area contributed by atoms with E-state index in [2.05, 4.69) is 4.90 Å². The molecule has 0 amide bonds. The van der Waals surface area contributed by atoms with E-state index in [1.807, 2.05) is 0 Å². The Hall–Kier alpha value is -0.870. The number of likely N-dealkylation sites (tertiary alicyclic amines) is 1. The highest BCUT2D eigenvalue weighted by Gasteiger charge is 2.13. The van der Waals surface area contributed by atoms with E-state index in [1.165, 1.54) is 12.8 Å². The summed E-state index contributed by atoms with van der Waals surface area (Å²) in [4.78, 5) is 14.2. The first-order valence-electron chi connectivity index (χ1n) is 4.79. The zero-order chi connectivity index (χ0) is 9.97. The fourth-order valence-electron chi connectivity index (χ4n) is 1.74. The lowest BCUT2D eigenvalue weighted by Gasteiger charge is -2.12. The van der Waals surface area contributed by atoms with Crippen LogP contribution in [0.1, 0.15) is 28.1 Å². The number of rotatable bonds is 3. The summed E-state index contributed by atoms with van der Waals surface area (Å²) in [5, 5.41) is 10.5. The molecule has 0 bridgehead atoms. The van der Waals surface area contributed by atoms with Crippen molar-refractivity contribution in [2.45, 2.75) is 19.4 Å². The van der Waals surface area contributed by atoms with Gasteiger partial charge in [-0.3, -0.25) is 4.90 Å². The maximum Gasteiger partial charge on any atom is 0.336 e. The lowest BCUT2D eigenvalue weighted by atomic mass is 10.3. The zero-order valence-electron chi connectivity index (χ0n) is 7.90. The second-order valence-electron chi connectivity index (χ2n) is 3.59. The second kappa shape index (κ2) is 4.11. The third-order valence-electron chi connectivity index (χ3n) is 2.48. The molecule has 4 heteroatoms. The average molecular weight is 211 g/mol. The van der Waals surface area contributed by atoms with Gasteiger partial charge in [0.1, 0.15) is 0 Å². The molecule has 1 aromatic heterocycles. The number of carbonyl (C=O) groups is 1. The van der Waals surface area contributed by atoms with Gasteiger partial charge in [0.2, 0.25) is 0 Å². The first-order valence-corrected chi connectivity index (χ1v) is 5.67. The standard InChI is InChI=1S/C10H13NO2S/c12-10(13)8-5-9(14-7-8)6-11-3-1-2-4-11/h5,7H,1-4,6H2,(H,12,13). The maximum atomic E-state index is 10.6. The van der Waals surface area contributed by atoms with Crippen molar-refractivity contribution in [3.63, 3.8) is 0 Å². The van der Waals surface area contributed by atoms with Gasteiger partial charge in [0.05, 0.1) is 5.56 Å². The summed E-state index contributed by atoms with van der Waals surface area (Å²) in [7, 11) is 0. The number of aromatic carboxylic acids is 1. The van der Waals surface area contributed by atoms with Crippen molar-refractivity contribution in [3.8, 4) is 0 Å². The van der Waals surface area contributed by atoms with Crippen LogP contribution in [0.25, 0.3) is 0 Å². The van der Waals surface area contributed by atoms with Crippen molar-refractivity contribution < 1.29 is 9.90 Å². The van der Waals surface area contributed by atoms with Gasteiger partial charge in [0.25, 0.3) is 0 Å². The van der Waals surface area contributed by atoms with E-state index in [1.54, 1.807) is 22.8 Å². The molecule has 2 heterocycles. The molecule has 1 aliphatic rings. The number of hydrogen-bond donors (Lipinski definition) is 1. The molecule has 76 valence electrons. The van der Waals surface area contributed by atoms with Crippen LogP contribution in [0.2, 0.25) is 0 Å². The van der Waals surface area contributed by atoms with E-state index in [4.69, 9.17) is 5.11 Å². The van der Waals surface area contributed by atoms with Crippen LogP contribution in [0.15, 0.2) is 11.4 Å². The number of hydrogen-bond acceptors (Lipinski definition) is 3. The molecular weight excluding hydrogens is 198 g/mol. The Bertz CT molecular complexity index is 329. The quantitative estimate of drug-likeness (QED) is 0.831. The molecule has 0 saturated carbocycles. The highest BCUT2D eigenvalue weighted by atomic mass is 32.1. The molecule has 1 N–H and O–H groups in total. The number of nitrogens with zero attached hydrogens (tertiary/aromatic N) is 1. The summed E-state index contributed by atoms with van der Waals surface area (Å²) in [5.74, 6) is -0.825. The Morgan fingerprint density at radius 3 is 2.79 bits per heavy atom. The fraction of sp³-hybridized carbons (Fsp3) is 0.500. The second-order valence-corrected chi connectivity index (χ2v) is 4.59. The lowest BCUT2D eigenvalue weighted by molar-refractivity contribution is 0.0697. The topological polar surface area (TPSA) is 40.5 Å². The van der Waals surface area contributed by atoms with Gasteiger partial charge in [-0.1, -0.05) is 0 Å². The van der Waals surface area contributed by atoms with E-state index in [9.17, 15) is 4.79 Å². The fourth-order valence-corrected chi connectivity index (χ4v) is 2.64. The van der Waals surface area contributed by atoms with Crippen molar-refractivity contribution in [1.82, 2.24) is 4.90 Å². The third-order valence-corrected chi connectivity index (χ3v) is 3.40. The van der Waals surface area contributed by atoms with Gasteiger partial charge in [-0.15, -0.1) is 11.3 Å². The Morgan fingerprint density at radius 2 is 2.21 bits per heavy atom. The number of carboxylic acids is 1. The maximum absolute atomic E-state index is 10.6. The minimum atomic E-state index is -0.825. The minimum absolute atomic E-state index is 0.421. The Labute approximate surface area is 87.0 Å². The molecule has 0 unspecified atom stereocenters. The Morgan fingerprint density at radius 1 is 1.50 bits per heavy atom. The lowest BCUT2D eigenvalue weighted by Crippen LogP contribution is -2.17. The highest BCUT2D eigenvalue weighted by Crippen LogP contribution is 2.19. The monoisotopic (exact) mass is 211 g/mol. The highest BCUT2D eigenvalue weighted by molar-refractivity contribution is 7.10. The Balaban J connectivity index is 1.98. The first-order chi connectivity index (χ1) is 6.75. The molecule has 1 aliphatic heterocycles. The molecule has 0 aliphatic carbocycles. The minimum Gasteiger partial charge on any atom is -0.478 e. The van der Waals surface area contributed by atoms with Gasteiger partial charge >= 0.3 is 5.97 Å². The normalized spacial score (nSPS) is 17.4. The summed E-state index contributed by atoms with van der Waals surface area (Å²) in [6, 6.07) is 1.78. The zero-order valence-corrected chi connectivity index (χ0v) is 8.72. The molecule has 0 atom stereocenters. The summed E-state index contributed by atoms with van der Waals surface area (Å²) in [6.07, 6.45) is 2.55. The van der Waals surface area contributed by atoms with Gasteiger partial charge in [0.15, 0.2) is 0 Å². The van der Waals surface area contributed by atoms with Gasteiger partial charge in [0, 0.05) is 16.8 Å². The molecule has 1 fully saturated rings. The van der Waals surface area contributed by atoms with Crippen molar-refractivity contribution >= 4 is 17.3 Å². The van der Waals surface area contributed by atoms with Crippen LogP contribution in [-0.2, 0) is 6.54 Å². The summed E-state index contributed by atoms with van der Waals surface area (Å²) in [6.45, 7) is 3.22. The average Bonchev–Trinajstić information content (AvgIpc) is 2.75. The van der Waals surface area contributed by atoms with Crippen molar-refractivity contribution in [3.05, 3.63) is 21.9 Å². The molecule has 0 spiro atoms. The molecule has 0 aromatic carbocycles. The first kappa shape index (κ1) is 9.68. The van der Waals surface area contributed by atoms with Gasteiger partial charge < -0.3 is 5.11 Å². The van der Waals surface area contributed by atoms with Gasteiger partial charge in [-0.2, -0.15) is 0 Å². The van der Waals surface area contributed by atoms with Crippen LogP contribution in [0.5, 0.6) is 0 Å². The van der Waals surface area contributed by atoms with E-state index in [0.717, 1.165) is 24.5 Å². The largest absolute Gasteiger partial charge is 0.478 e. The molecule has 3 nitrogen and oxygen atoms in total. The molecule has 0 radical (unpaired) electrons. The van der Waals surface area contributed by atoms with Crippen LogP contribution in [0.3, 0.4) is 0 Å². The smallest absolute Gasteiger partial charge is 0.336 e. The van der Waals surface area contributed by atoms with Gasteiger partial charge in [-0.05, 0) is 32.0 Å². The summed E-state index contributed by atoms with van der Waals surface area (Å²) < 4.78 is 0. The molecular formula is C10H13NO2S. The predicted molar refractivity (Wildman–Crippen MR) is 55.8 cm³/mol. The molecule has 1 aromatic rings. The van der Waals surface area contributed by atoms with Crippen LogP contribution in [-0.4, -0.2) is 29.1 Å². The van der Waals surface area contributed by atoms with E-state index >= 15 is 0 Å². The van der Waals surface area contributed by atoms with Gasteiger partial charge in [-0.25, -0.2) is 4.79 Å². The third kappa shape index (κ3) is 2.13. The van der Waals surface area contributed by atoms with E-state index in [-0.39, 0.29) is 0 Å². The van der Waals surface area contributed by atoms with E-state index in [0.29, 0.717) is 5.56 Å². The van der Waals surface area contributed by atoms with Crippen molar-refractivity contribution in [1.29, 1.82) is 0 Å². The Kier molecular flexibility index (Phi) is 2.84. The van der Waals surface area contributed by atoms with Crippen molar-refractivity contribution in [2.24, 2.45) is 0 Å². The van der Waals surface area contributed by atoms with E-state index < -0.39 is 5.97 Å².